The zero-order valence-corrected chi connectivity index (χ0v) is 12.4. The molecule has 0 bridgehead atoms. The summed E-state index contributed by atoms with van der Waals surface area (Å²) in [7, 11) is 0. The molecule has 2 aromatic carbocycles. The predicted molar refractivity (Wildman–Crippen MR) is 88.2 cm³/mol. The molecule has 5 nitrogen and oxygen atoms in total. The molecule has 6 heteroatoms. The highest BCUT2D eigenvalue weighted by molar-refractivity contribution is 7.22. The molecule has 0 saturated carbocycles. The molecule has 110 valence electrons. The summed E-state index contributed by atoms with van der Waals surface area (Å²) in [6.07, 6.45) is 1.56. The van der Waals surface area contributed by atoms with Crippen LogP contribution in [0.2, 0.25) is 0 Å². The third kappa shape index (κ3) is 3.67. The van der Waals surface area contributed by atoms with Gasteiger partial charge in [-0.05, 0) is 17.7 Å². The summed E-state index contributed by atoms with van der Waals surface area (Å²) < 4.78 is 1.03. The molecule has 1 aromatic heterocycles. The molecular weight excluding hydrogens is 298 g/mol. The van der Waals surface area contributed by atoms with Gasteiger partial charge in [0, 0.05) is 0 Å². The number of hydrogen-bond donors (Lipinski definition) is 1. The maximum atomic E-state index is 11.8. The summed E-state index contributed by atoms with van der Waals surface area (Å²) >= 11 is 1.42. The summed E-state index contributed by atoms with van der Waals surface area (Å²) in [5.41, 5.74) is 1.78. The summed E-state index contributed by atoms with van der Waals surface area (Å²) in [4.78, 5) is 21.1. The van der Waals surface area contributed by atoms with Gasteiger partial charge in [0.1, 0.15) is 0 Å². The first-order chi connectivity index (χ1) is 10.8. The van der Waals surface area contributed by atoms with Gasteiger partial charge in [-0.25, -0.2) is 4.98 Å². The van der Waals surface area contributed by atoms with Gasteiger partial charge < -0.3 is 4.84 Å². The van der Waals surface area contributed by atoms with Gasteiger partial charge in [-0.15, -0.1) is 0 Å². The molecule has 1 amide bonds. The second-order valence-electron chi connectivity index (χ2n) is 4.45. The molecule has 1 heterocycles. The van der Waals surface area contributed by atoms with Crippen molar-refractivity contribution in [3.63, 3.8) is 0 Å². The van der Waals surface area contributed by atoms with Crippen molar-refractivity contribution >= 4 is 38.8 Å². The number of hydrogen-bond acceptors (Lipinski definition) is 5. The fourth-order valence-corrected chi connectivity index (χ4v) is 2.70. The maximum absolute atomic E-state index is 11.8. The van der Waals surface area contributed by atoms with Crippen LogP contribution in [0.25, 0.3) is 10.2 Å². The molecule has 1 N–H and O–H groups in total. The highest BCUT2D eigenvalue weighted by Gasteiger charge is 2.07. The first kappa shape index (κ1) is 14.2. The van der Waals surface area contributed by atoms with E-state index >= 15 is 0 Å². The third-order valence-corrected chi connectivity index (χ3v) is 3.76. The van der Waals surface area contributed by atoms with E-state index in [1.807, 2.05) is 54.6 Å². The monoisotopic (exact) mass is 311 g/mol. The van der Waals surface area contributed by atoms with E-state index in [4.69, 9.17) is 4.84 Å². The standard InChI is InChI=1S/C16H13N3O2S/c20-15(11-21-17-10-12-6-2-1-3-7-12)19-16-18-13-8-4-5-9-14(13)22-16/h1-10H,11H2,(H,18,19,20). The normalized spacial score (nSPS) is 10.9. The average molecular weight is 311 g/mol. The minimum Gasteiger partial charge on any atom is -0.386 e. The molecule has 0 saturated heterocycles. The summed E-state index contributed by atoms with van der Waals surface area (Å²) in [6.45, 7) is -0.154. The van der Waals surface area contributed by atoms with Crippen LogP contribution in [-0.4, -0.2) is 23.7 Å². The molecule has 0 unspecified atom stereocenters. The van der Waals surface area contributed by atoms with Crippen LogP contribution in [0, 0.1) is 0 Å². The Bertz CT molecular complexity index is 766. The highest BCUT2D eigenvalue weighted by Crippen LogP contribution is 2.25. The zero-order valence-electron chi connectivity index (χ0n) is 11.6. The van der Waals surface area contributed by atoms with Gasteiger partial charge in [-0.2, -0.15) is 0 Å². The van der Waals surface area contributed by atoms with Gasteiger partial charge in [0.25, 0.3) is 5.91 Å². The zero-order chi connectivity index (χ0) is 15.2. The van der Waals surface area contributed by atoms with Crippen LogP contribution in [0.1, 0.15) is 5.56 Å². The van der Waals surface area contributed by atoms with Crippen molar-refractivity contribution in [1.82, 2.24) is 4.98 Å². The van der Waals surface area contributed by atoms with E-state index in [-0.39, 0.29) is 12.5 Å². The van der Waals surface area contributed by atoms with Gasteiger partial charge >= 0.3 is 0 Å². The lowest BCUT2D eigenvalue weighted by Crippen LogP contribution is -2.16. The first-order valence-electron chi connectivity index (χ1n) is 6.67. The van der Waals surface area contributed by atoms with E-state index in [0.717, 1.165) is 15.8 Å². The number of carbonyl (C=O) groups excluding carboxylic acids is 1. The van der Waals surface area contributed by atoms with Crippen LogP contribution in [-0.2, 0) is 9.63 Å². The molecule has 0 spiro atoms. The van der Waals surface area contributed by atoms with Crippen molar-refractivity contribution in [3.05, 3.63) is 60.2 Å². The van der Waals surface area contributed by atoms with Gasteiger partial charge in [0.15, 0.2) is 11.7 Å². The summed E-state index contributed by atoms with van der Waals surface area (Å²) in [6, 6.07) is 17.2. The first-order valence-corrected chi connectivity index (χ1v) is 7.49. The molecular formula is C16H13N3O2S. The maximum Gasteiger partial charge on any atom is 0.266 e. The Morgan fingerprint density at radius 3 is 2.77 bits per heavy atom. The topological polar surface area (TPSA) is 63.6 Å². The van der Waals surface area contributed by atoms with Crippen molar-refractivity contribution in [1.29, 1.82) is 0 Å². The number of oxime groups is 1. The lowest BCUT2D eigenvalue weighted by molar-refractivity contribution is -0.120. The number of anilines is 1. The number of nitrogens with zero attached hydrogens (tertiary/aromatic N) is 2. The Morgan fingerprint density at radius 2 is 1.95 bits per heavy atom. The molecule has 3 aromatic rings. The lowest BCUT2D eigenvalue weighted by Gasteiger charge is -1.99. The van der Waals surface area contributed by atoms with Crippen LogP contribution >= 0.6 is 11.3 Å². The lowest BCUT2D eigenvalue weighted by atomic mass is 10.2. The van der Waals surface area contributed by atoms with Crippen molar-refractivity contribution in [3.8, 4) is 0 Å². The average Bonchev–Trinajstić information content (AvgIpc) is 2.94. The number of benzene rings is 2. The number of carbonyl (C=O) groups is 1. The van der Waals surface area contributed by atoms with E-state index < -0.39 is 0 Å². The van der Waals surface area contributed by atoms with Crippen LogP contribution in [0.5, 0.6) is 0 Å². The Balaban J connectivity index is 1.51. The molecule has 0 radical (unpaired) electrons. The predicted octanol–water partition coefficient (Wildman–Crippen LogP) is 3.29. The van der Waals surface area contributed by atoms with Crippen molar-refractivity contribution in [2.45, 2.75) is 0 Å². The third-order valence-electron chi connectivity index (χ3n) is 2.81. The Kier molecular flexibility index (Phi) is 4.41. The van der Waals surface area contributed by atoms with Crippen molar-refractivity contribution < 1.29 is 9.63 Å². The molecule has 22 heavy (non-hydrogen) atoms. The Labute approximate surface area is 131 Å². The number of aromatic nitrogens is 1. The number of nitrogens with one attached hydrogen (secondary N) is 1. The smallest absolute Gasteiger partial charge is 0.266 e. The summed E-state index contributed by atoms with van der Waals surface area (Å²) in [5.74, 6) is -0.288. The van der Waals surface area contributed by atoms with Crippen molar-refractivity contribution in [2.75, 3.05) is 11.9 Å². The molecule has 0 aliphatic rings. The quantitative estimate of drug-likeness (QED) is 0.581. The van der Waals surface area contributed by atoms with Crippen molar-refractivity contribution in [2.24, 2.45) is 5.16 Å². The van der Waals surface area contributed by atoms with Gasteiger partial charge in [-0.1, -0.05) is 59.0 Å². The number of rotatable bonds is 5. The minimum atomic E-state index is -0.288. The largest absolute Gasteiger partial charge is 0.386 e. The fourth-order valence-electron chi connectivity index (χ4n) is 1.81. The number of thiazole rings is 1. The molecule has 0 aliphatic carbocycles. The van der Waals surface area contributed by atoms with E-state index in [1.54, 1.807) is 6.21 Å². The fraction of sp³-hybridized carbons (Fsp3) is 0.0625. The number of amides is 1. The van der Waals surface area contributed by atoms with E-state index in [1.165, 1.54) is 11.3 Å². The number of fused-ring (bicyclic) bond motifs is 1. The molecule has 0 atom stereocenters. The molecule has 0 fully saturated rings. The van der Waals surface area contributed by atoms with Gasteiger partial charge in [-0.3, -0.25) is 10.1 Å². The highest BCUT2D eigenvalue weighted by atomic mass is 32.1. The molecule has 3 rings (SSSR count). The Morgan fingerprint density at radius 1 is 1.18 bits per heavy atom. The second kappa shape index (κ2) is 6.82. The van der Waals surface area contributed by atoms with Crippen LogP contribution in [0.15, 0.2) is 59.8 Å². The van der Waals surface area contributed by atoms with E-state index in [2.05, 4.69) is 15.5 Å². The second-order valence-corrected chi connectivity index (χ2v) is 5.48. The van der Waals surface area contributed by atoms with Crippen LogP contribution in [0.3, 0.4) is 0 Å². The van der Waals surface area contributed by atoms with Gasteiger partial charge in [0.2, 0.25) is 0 Å². The van der Waals surface area contributed by atoms with Gasteiger partial charge in [0.05, 0.1) is 16.4 Å². The summed E-state index contributed by atoms with van der Waals surface area (Å²) in [5, 5.41) is 7.02. The number of para-hydroxylation sites is 1. The van der Waals surface area contributed by atoms with E-state index in [9.17, 15) is 4.79 Å². The van der Waals surface area contributed by atoms with E-state index in [0.29, 0.717) is 5.13 Å². The van der Waals surface area contributed by atoms with Crippen LogP contribution < -0.4 is 5.32 Å². The SMILES string of the molecule is O=C(CON=Cc1ccccc1)Nc1nc2ccccc2s1. The Hall–Kier alpha value is -2.73. The minimum absolute atomic E-state index is 0.154. The molecule has 0 aliphatic heterocycles. The van der Waals surface area contributed by atoms with Crippen LogP contribution in [0.4, 0.5) is 5.13 Å².